The molecule has 1 N–H and O–H groups in total. The summed E-state index contributed by atoms with van der Waals surface area (Å²) in [6.45, 7) is 10.9. The molecule has 0 radical (unpaired) electrons. The molecule has 0 atom stereocenters. The van der Waals surface area contributed by atoms with Crippen LogP contribution in [0.5, 0.6) is 0 Å². The Morgan fingerprint density at radius 1 is 1.18 bits per heavy atom. The van der Waals surface area contributed by atoms with Gasteiger partial charge in [-0.2, -0.15) is 5.10 Å². The minimum Gasteiger partial charge on any atom is -0.378 e. The first kappa shape index (κ1) is 23.4. The molecular weight excluding hydrogens is 465 g/mol. The topological polar surface area (TPSA) is 54.7 Å². The van der Waals surface area contributed by atoms with Gasteiger partial charge in [0.15, 0.2) is 5.96 Å². The normalized spacial score (nSPS) is 19.1. The van der Waals surface area contributed by atoms with Gasteiger partial charge in [0.1, 0.15) is 0 Å². The number of rotatable bonds is 6. The standard InChI is InChI=1S/C21H37N5O.HI/c1-5-22-21(23-14-20-16(2)24-25(4)17(20)3)26-12-10-19(11-13-26)27-15-18-8-6-7-9-18;/h18-19H,5-15H2,1-4H3,(H,22,23);1H. The number of piperidine rings is 1. The van der Waals surface area contributed by atoms with Crippen LogP contribution in [0.1, 0.15) is 62.4 Å². The van der Waals surface area contributed by atoms with Crippen LogP contribution in [0.2, 0.25) is 0 Å². The third-order valence-electron chi connectivity index (χ3n) is 6.16. The van der Waals surface area contributed by atoms with Crippen molar-refractivity contribution in [2.45, 2.75) is 71.9 Å². The van der Waals surface area contributed by atoms with E-state index in [0.29, 0.717) is 12.6 Å². The highest BCUT2D eigenvalue weighted by Gasteiger charge is 2.24. The Morgan fingerprint density at radius 3 is 2.43 bits per heavy atom. The molecule has 160 valence electrons. The highest BCUT2D eigenvalue weighted by atomic mass is 127. The molecule has 0 bridgehead atoms. The van der Waals surface area contributed by atoms with Crippen LogP contribution in [-0.2, 0) is 18.3 Å². The third-order valence-corrected chi connectivity index (χ3v) is 6.16. The van der Waals surface area contributed by atoms with E-state index in [9.17, 15) is 0 Å². The minimum absolute atomic E-state index is 0. The first-order chi connectivity index (χ1) is 13.1. The molecule has 1 aliphatic heterocycles. The van der Waals surface area contributed by atoms with Crippen molar-refractivity contribution in [2.24, 2.45) is 18.0 Å². The average molecular weight is 503 g/mol. The summed E-state index contributed by atoms with van der Waals surface area (Å²) in [7, 11) is 2.00. The van der Waals surface area contributed by atoms with Gasteiger partial charge in [-0.05, 0) is 52.4 Å². The number of likely N-dealkylation sites (tertiary alicyclic amines) is 1. The zero-order chi connectivity index (χ0) is 19.2. The molecule has 28 heavy (non-hydrogen) atoms. The van der Waals surface area contributed by atoms with Crippen LogP contribution in [-0.4, -0.2) is 53.0 Å². The van der Waals surface area contributed by atoms with Crippen LogP contribution < -0.4 is 5.32 Å². The predicted molar refractivity (Wildman–Crippen MR) is 125 cm³/mol. The molecule has 1 aromatic heterocycles. The van der Waals surface area contributed by atoms with E-state index in [-0.39, 0.29) is 24.0 Å². The molecule has 1 saturated heterocycles. The van der Waals surface area contributed by atoms with Crippen molar-refractivity contribution in [2.75, 3.05) is 26.2 Å². The molecular formula is C21H38IN5O. The summed E-state index contributed by atoms with van der Waals surface area (Å²) in [6, 6.07) is 0. The monoisotopic (exact) mass is 503 g/mol. The van der Waals surface area contributed by atoms with Gasteiger partial charge in [0.05, 0.1) is 18.3 Å². The fraction of sp³-hybridized carbons (Fsp3) is 0.810. The molecule has 3 rings (SSSR count). The summed E-state index contributed by atoms with van der Waals surface area (Å²) in [5.74, 6) is 1.84. The molecule has 0 amide bonds. The van der Waals surface area contributed by atoms with Crippen molar-refractivity contribution in [3.05, 3.63) is 17.0 Å². The molecule has 1 aromatic rings. The number of ether oxygens (including phenoxy) is 1. The van der Waals surface area contributed by atoms with Gasteiger partial charge in [0.25, 0.3) is 0 Å². The van der Waals surface area contributed by atoms with Gasteiger partial charge < -0.3 is 15.0 Å². The lowest BCUT2D eigenvalue weighted by atomic mass is 10.1. The van der Waals surface area contributed by atoms with Crippen molar-refractivity contribution in [3.63, 3.8) is 0 Å². The van der Waals surface area contributed by atoms with E-state index in [1.54, 1.807) is 0 Å². The number of halogens is 1. The molecule has 7 heteroatoms. The number of aromatic nitrogens is 2. The summed E-state index contributed by atoms with van der Waals surface area (Å²) in [5, 5.41) is 7.97. The van der Waals surface area contributed by atoms with Crippen molar-refractivity contribution in [1.29, 1.82) is 0 Å². The smallest absolute Gasteiger partial charge is 0.194 e. The van der Waals surface area contributed by atoms with Crippen molar-refractivity contribution < 1.29 is 4.74 Å². The van der Waals surface area contributed by atoms with E-state index < -0.39 is 0 Å². The number of aryl methyl sites for hydroxylation is 2. The summed E-state index contributed by atoms with van der Waals surface area (Å²) >= 11 is 0. The number of nitrogens with zero attached hydrogens (tertiary/aromatic N) is 4. The van der Waals surface area contributed by atoms with Crippen LogP contribution in [0.3, 0.4) is 0 Å². The van der Waals surface area contributed by atoms with E-state index in [0.717, 1.165) is 56.7 Å². The van der Waals surface area contributed by atoms with Crippen LogP contribution in [0.25, 0.3) is 0 Å². The van der Waals surface area contributed by atoms with E-state index >= 15 is 0 Å². The number of aliphatic imine (C=N–C) groups is 1. The third kappa shape index (κ3) is 6.08. The molecule has 6 nitrogen and oxygen atoms in total. The van der Waals surface area contributed by atoms with Crippen molar-refractivity contribution in [3.8, 4) is 0 Å². The van der Waals surface area contributed by atoms with E-state index in [1.165, 1.54) is 36.9 Å². The fourth-order valence-electron chi connectivity index (χ4n) is 4.31. The molecule has 2 fully saturated rings. The van der Waals surface area contributed by atoms with Gasteiger partial charge in [-0.1, -0.05) is 12.8 Å². The van der Waals surface area contributed by atoms with Gasteiger partial charge >= 0.3 is 0 Å². The summed E-state index contributed by atoms with van der Waals surface area (Å²) in [4.78, 5) is 7.30. The Balaban J connectivity index is 0.00000280. The zero-order valence-corrected chi connectivity index (χ0v) is 20.4. The molecule has 2 aliphatic rings. The highest BCUT2D eigenvalue weighted by Crippen LogP contribution is 2.26. The van der Waals surface area contributed by atoms with Crippen LogP contribution in [0, 0.1) is 19.8 Å². The van der Waals surface area contributed by atoms with Gasteiger partial charge in [-0.3, -0.25) is 4.68 Å². The second-order valence-corrected chi connectivity index (χ2v) is 8.11. The average Bonchev–Trinajstić information content (AvgIpc) is 3.27. The summed E-state index contributed by atoms with van der Waals surface area (Å²) in [6.07, 6.45) is 8.14. The lowest BCUT2D eigenvalue weighted by Crippen LogP contribution is -2.47. The zero-order valence-electron chi connectivity index (χ0n) is 18.0. The molecule has 0 spiro atoms. The minimum atomic E-state index is 0. The predicted octanol–water partition coefficient (Wildman–Crippen LogP) is 3.79. The van der Waals surface area contributed by atoms with Crippen LogP contribution >= 0.6 is 24.0 Å². The first-order valence-corrected chi connectivity index (χ1v) is 10.7. The Bertz CT molecular complexity index is 631. The molecule has 0 unspecified atom stereocenters. The van der Waals surface area contributed by atoms with E-state index in [1.807, 2.05) is 11.7 Å². The highest BCUT2D eigenvalue weighted by molar-refractivity contribution is 14.0. The lowest BCUT2D eigenvalue weighted by molar-refractivity contribution is 0.00101. The van der Waals surface area contributed by atoms with Crippen LogP contribution in [0.15, 0.2) is 4.99 Å². The molecule has 0 aromatic carbocycles. The number of hydrogen-bond acceptors (Lipinski definition) is 3. The second kappa shape index (κ2) is 11.4. The SMILES string of the molecule is CCNC(=NCc1c(C)nn(C)c1C)N1CCC(OCC2CCCC2)CC1.I. The summed E-state index contributed by atoms with van der Waals surface area (Å²) in [5.41, 5.74) is 3.52. The Hall–Kier alpha value is -0.830. The Morgan fingerprint density at radius 2 is 1.86 bits per heavy atom. The fourth-order valence-corrected chi connectivity index (χ4v) is 4.31. The quantitative estimate of drug-likeness (QED) is 0.365. The number of guanidine groups is 1. The van der Waals surface area contributed by atoms with E-state index in [4.69, 9.17) is 9.73 Å². The first-order valence-electron chi connectivity index (χ1n) is 10.7. The van der Waals surface area contributed by atoms with Crippen LogP contribution in [0.4, 0.5) is 0 Å². The largest absolute Gasteiger partial charge is 0.378 e. The number of nitrogens with one attached hydrogen (secondary N) is 1. The van der Waals surface area contributed by atoms with Crippen molar-refractivity contribution >= 4 is 29.9 Å². The molecule has 1 aliphatic carbocycles. The molecule has 2 heterocycles. The Labute approximate surface area is 187 Å². The maximum Gasteiger partial charge on any atom is 0.194 e. The van der Waals surface area contributed by atoms with Gasteiger partial charge in [-0.25, -0.2) is 4.99 Å². The maximum atomic E-state index is 6.22. The Kier molecular flexibility index (Phi) is 9.53. The van der Waals surface area contributed by atoms with Crippen molar-refractivity contribution in [1.82, 2.24) is 20.0 Å². The number of hydrogen-bond donors (Lipinski definition) is 1. The van der Waals surface area contributed by atoms with Gasteiger partial charge in [0.2, 0.25) is 0 Å². The lowest BCUT2D eigenvalue weighted by Gasteiger charge is -2.34. The summed E-state index contributed by atoms with van der Waals surface area (Å²) < 4.78 is 8.17. The second-order valence-electron chi connectivity index (χ2n) is 8.11. The molecule has 1 saturated carbocycles. The van der Waals surface area contributed by atoms with E-state index in [2.05, 4.69) is 36.1 Å². The maximum absolute atomic E-state index is 6.22. The van der Waals surface area contributed by atoms with Gasteiger partial charge in [-0.15, -0.1) is 24.0 Å². The van der Waals surface area contributed by atoms with Gasteiger partial charge in [0, 0.05) is 44.5 Å².